The normalized spacial score (nSPS) is 14.5. The van der Waals surface area contributed by atoms with Crippen LogP contribution in [0.3, 0.4) is 0 Å². The van der Waals surface area contributed by atoms with Gasteiger partial charge in [0.05, 0.1) is 17.7 Å². The van der Waals surface area contributed by atoms with E-state index in [0.717, 1.165) is 12.8 Å². The smallest absolute Gasteiger partial charge is 0.446 e. The molecule has 6 nitrogen and oxygen atoms in total. The van der Waals surface area contributed by atoms with Crippen LogP contribution in [-0.2, 0) is 10.0 Å². The molecule has 0 atom stereocenters. The number of anilines is 1. The first-order valence-corrected chi connectivity index (χ1v) is 10.7. The SMILES string of the molecule is COc1ccc(S(=O)(=O)NC2CC2)cc1NC(=O)c1ccc(SC(F)(F)F)cc1. The minimum atomic E-state index is -4.42. The Kier molecular flexibility index (Phi) is 6.11. The fraction of sp³-hybridized carbons (Fsp3) is 0.278. The molecule has 1 fully saturated rings. The third-order valence-electron chi connectivity index (χ3n) is 3.98. The number of amides is 1. The Hall–Kier alpha value is -2.24. The monoisotopic (exact) mass is 446 g/mol. The molecule has 1 aliphatic rings. The van der Waals surface area contributed by atoms with Crippen LogP contribution in [0, 0.1) is 0 Å². The molecule has 0 spiro atoms. The van der Waals surface area contributed by atoms with Crippen molar-refractivity contribution >= 4 is 33.4 Å². The van der Waals surface area contributed by atoms with Gasteiger partial charge >= 0.3 is 5.51 Å². The Bertz CT molecular complexity index is 1000. The van der Waals surface area contributed by atoms with Crippen LogP contribution >= 0.6 is 11.8 Å². The number of thioether (sulfide) groups is 1. The molecule has 11 heteroatoms. The molecule has 0 unspecified atom stereocenters. The second-order valence-corrected chi connectivity index (χ2v) is 9.14. The average molecular weight is 446 g/mol. The fourth-order valence-electron chi connectivity index (χ4n) is 2.44. The van der Waals surface area contributed by atoms with Crippen LogP contribution in [0.1, 0.15) is 23.2 Å². The molecule has 0 radical (unpaired) electrons. The first-order valence-electron chi connectivity index (χ1n) is 8.45. The number of hydrogen-bond donors (Lipinski definition) is 2. The minimum absolute atomic E-state index is 0.0302. The standard InChI is InChI=1S/C18H17F3N2O4S2/c1-27-16-9-8-14(29(25,26)23-12-4-5-12)10-15(16)22-17(24)11-2-6-13(7-3-11)28-18(19,20)21/h2-3,6-10,12,23H,4-5H2,1H3,(H,22,24). The molecule has 29 heavy (non-hydrogen) atoms. The number of alkyl halides is 3. The Morgan fingerprint density at radius 2 is 1.79 bits per heavy atom. The van der Waals surface area contributed by atoms with Gasteiger partial charge in [-0.1, -0.05) is 0 Å². The lowest BCUT2D eigenvalue weighted by molar-refractivity contribution is -0.0328. The summed E-state index contributed by atoms with van der Waals surface area (Å²) in [5.74, 6) is -0.371. The average Bonchev–Trinajstić information content (AvgIpc) is 3.44. The van der Waals surface area contributed by atoms with Gasteiger partial charge in [-0.3, -0.25) is 4.79 Å². The van der Waals surface area contributed by atoms with Crippen LogP contribution in [-0.4, -0.2) is 33.0 Å². The Morgan fingerprint density at radius 1 is 1.14 bits per heavy atom. The summed E-state index contributed by atoms with van der Waals surface area (Å²) in [7, 11) is -2.37. The predicted octanol–water partition coefficient (Wildman–Crippen LogP) is 4.00. The zero-order chi connectivity index (χ0) is 21.2. The molecule has 156 valence electrons. The first kappa shape index (κ1) is 21.5. The van der Waals surface area contributed by atoms with E-state index in [9.17, 15) is 26.4 Å². The molecule has 0 aromatic heterocycles. The maximum Gasteiger partial charge on any atom is 0.446 e. The van der Waals surface area contributed by atoms with Crippen molar-refractivity contribution in [3.8, 4) is 5.75 Å². The maximum absolute atomic E-state index is 12.5. The maximum atomic E-state index is 12.5. The van der Waals surface area contributed by atoms with Crippen LogP contribution in [0.5, 0.6) is 5.75 Å². The number of halogens is 3. The summed E-state index contributed by atoms with van der Waals surface area (Å²) in [6.07, 6.45) is 1.56. The number of methoxy groups -OCH3 is 1. The largest absolute Gasteiger partial charge is 0.495 e. The summed E-state index contributed by atoms with van der Waals surface area (Å²) in [6, 6.07) is 8.86. The molecular formula is C18H17F3N2O4S2. The highest BCUT2D eigenvalue weighted by Gasteiger charge is 2.30. The highest BCUT2D eigenvalue weighted by molar-refractivity contribution is 8.00. The third-order valence-corrected chi connectivity index (χ3v) is 6.24. The Labute approximate surface area is 169 Å². The van der Waals surface area contributed by atoms with E-state index >= 15 is 0 Å². The Balaban J connectivity index is 1.79. The molecule has 2 N–H and O–H groups in total. The summed E-state index contributed by atoms with van der Waals surface area (Å²) >= 11 is -0.280. The molecule has 0 bridgehead atoms. The molecular weight excluding hydrogens is 429 g/mol. The lowest BCUT2D eigenvalue weighted by atomic mass is 10.2. The number of nitrogens with one attached hydrogen (secondary N) is 2. The van der Waals surface area contributed by atoms with Crippen molar-refractivity contribution in [1.29, 1.82) is 0 Å². The number of rotatable bonds is 7. The molecule has 2 aromatic carbocycles. The lowest BCUT2D eigenvalue weighted by Gasteiger charge is -2.13. The molecule has 0 heterocycles. The number of benzene rings is 2. The number of ether oxygens (including phenoxy) is 1. The van der Waals surface area contributed by atoms with Crippen LogP contribution < -0.4 is 14.8 Å². The van der Waals surface area contributed by atoms with Gasteiger partial charge in [0.1, 0.15) is 5.75 Å². The molecule has 1 amide bonds. The Morgan fingerprint density at radius 3 is 2.34 bits per heavy atom. The topological polar surface area (TPSA) is 84.5 Å². The summed E-state index contributed by atoms with van der Waals surface area (Å²) in [6.45, 7) is 0. The zero-order valence-corrected chi connectivity index (χ0v) is 16.7. The predicted molar refractivity (Wildman–Crippen MR) is 103 cm³/mol. The molecule has 0 saturated heterocycles. The van der Waals surface area contributed by atoms with Gasteiger partial charge < -0.3 is 10.1 Å². The highest BCUT2D eigenvalue weighted by atomic mass is 32.2. The van der Waals surface area contributed by atoms with E-state index in [1.54, 1.807) is 0 Å². The van der Waals surface area contributed by atoms with Crippen molar-refractivity contribution < 1.29 is 31.1 Å². The van der Waals surface area contributed by atoms with Gasteiger partial charge in [-0.25, -0.2) is 13.1 Å². The van der Waals surface area contributed by atoms with E-state index < -0.39 is 21.4 Å². The zero-order valence-electron chi connectivity index (χ0n) is 15.1. The number of hydrogen-bond acceptors (Lipinski definition) is 5. The van der Waals surface area contributed by atoms with Crippen LogP contribution in [0.15, 0.2) is 52.3 Å². The van der Waals surface area contributed by atoms with Gasteiger partial charge in [0, 0.05) is 16.5 Å². The summed E-state index contributed by atoms with van der Waals surface area (Å²) in [5.41, 5.74) is -4.18. The van der Waals surface area contributed by atoms with Crippen molar-refractivity contribution in [1.82, 2.24) is 4.72 Å². The van der Waals surface area contributed by atoms with Gasteiger partial charge in [-0.15, -0.1) is 0 Å². The van der Waals surface area contributed by atoms with Crippen molar-refractivity contribution in [3.05, 3.63) is 48.0 Å². The van der Waals surface area contributed by atoms with Gasteiger partial charge in [0.25, 0.3) is 5.91 Å². The van der Waals surface area contributed by atoms with E-state index in [0.29, 0.717) is 0 Å². The number of carbonyl (C=O) groups is 1. The summed E-state index contributed by atoms with van der Waals surface area (Å²) in [4.78, 5) is 12.4. The van der Waals surface area contributed by atoms with Crippen molar-refractivity contribution in [2.75, 3.05) is 12.4 Å². The molecule has 3 rings (SSSR count). The molecule has 1 aliphatic carbocycles. The third kappa shape index (κ3) is 5.87. The van der Waals surface area contributed by atoms with Gasteiger partial charge in [0.15, 0.2) is 0 Å². The van der Waals surface area contributed by atoms with E-state index in [4.69, 9.17) is 4.74 Å². The van der Waals surface area contributed by atoms with Crippen LogP contribution in [0.4, 0.5) is 18.9 Å². The van der Waals surface area contributed by atoms with E-state index in [-0.39, 0.29) is 44.6 Å². The summed E-state index contributed by atoms with van der Waals surface area (Å²) < 4.78 is 69.7. The minimum Gasteiger partial charge on any atom is -0.495 e. The van der Waals surface area contributed by atoms with E-state index in [1.807, 2.05) is 0 Å². The second kappa shape index (κ2) is 8.25. The van der Waals surface area contributed by atoms with E-state index in [1.165, 1.54) is 49.6 Å². The number of carbonyl (C=O) groups excluding carboxylic acids is 1. The van der Waals surface area contributed by atoms with Gasteiger partial charge in [-0.2, -0.15) is 13.2 Å². The highest BCUT2D eigenvalue weighted by Crippen LogP contribution is 2.37. The first-order chi connectivity index (χ1) is 13.6. The molecule has 2 aromatic rings. The van der Waals surface area contributed by atoms with Crippen molar-refractivity contribution in [2.24, 2.45) is 0 Å². The summed E-state index contributed by atoms with van der Waals surface area (Å²) in [5, 5.41) is 2.54. The molecule has 0 aliphatic heterocycles. The quantitative estimate of drug-likeness (QED) is 0.628. The number of sulfonamides is 1. The van der Waals surface area contributed by atoms with Gasteiger partial charge in [-0.05, 0) is 67.1 Å². The van der Waals surface area contributed by atoms with Gasteiger partial charge in [0.2, 0.25) is 10.0 Å². The van der Waals surface area contributed by atoms with Crippen LogP contribution in [0.2, 0.25) is 0 Å². The molecule has 1 saturated carbocycles. The van der Waals surface area contributed by atoms with Crippen molar-refractivity contribution in [2.45, 2.75) is 34.2 Å². The van der Waals surface area contributed by atoms with Crippen LogP contribution in [0.25, 0.3) is 0 Å². The fourth-order valence-corrected chi connectivity index (χ4v) is 4.31. The lowest BCUT2D eigenvalue weighted by Crippen LogP contribution is -2.25. The van der Waals surface area contributed by atoms with E-state index in [2.05, 4.69) is 10.0 Å². The second-order valence-electron chi connectivity index (χ2n) is 6.28. The van der Waals surface area contributed by atoms with Crippen molar-refractivity contribution in [3.63, 3.8) is 0 Å².